The van der Waals surface area contributed by atoms with E-state index in [0.29, 0.717) is 0 Å². The van der Waals surface area contributed by atoms with Crippen LogP contribution in [0.4, 0.5) is 0 Å². The van der Waals surface area contributed by atoms with Gasteiger partial charge in [-0.2, -0.15) is 0 Å². The van der Waals surface area contributed by atoms with Crippen LogP contribution in [0.25, 0.3) is 0 Å². The third kappa shape index (κ3) is 1.84. The predicted octanol–water partition coefficient (Wildman–Crippen LogP) is 3.17. The van der Waals surface area contributed by atoms with E-state index in [1.54, 1.807) is 0 Å². The summed E-state index contributed by atoms with van der Waals surface area (Å²) in [6.07, 6.45) is 0.827. The van der Waals surface area contributed by atoms with E-state index >= 15 is 0 Å². The number of carbonyl (C=O) groups is 1. The van der Waals surface area contributed by atoms with Gasteiger partial charge >= 0.3 is 5.97 Å². The molecule has 1 aliphatic rings. The van der Waals surface area contributed by atoms with Gasteiger partial charge in [0, 0.05) is 5.41 Å². The first-order chi connectivity index (χ1) is 9.29. The second-order valence-corrected chi connectivity index (χ2v) is 4.98. The SMILES string of the molecule is COC(=O)C1CC1(c1ccccc1)c1ccccc1. The molecule has 19 heavy (non-hydrogen) atoms. The van der Waals surface area contributed by atoms with Crippen LogP contribution >= 0.6 is 0 Å². The zero-order valence-corrected chi connectivity index (χ0v) is 10.9. The third-order valence-corrected chi connectivity index (χ3v) is 4.02. The Balaban J connectivity index is 2.07. The number of rotatable bonds is 3. The number of hydrogen-bond acceptors (Lipinski definition) is 2. The molecule has 2 heteroatoms. The molecule has 0 N–H and O–H groups in total. The molecule has 0 saturated heterocycles. The lowest BCUT2D eigenvalue weighted by molar-refractivity contribution is -0.142. The number of esters is 1. The Morgan fingerprint density at radius 3 is 1.89 bits per heavy atom. The Bertz CT molecular complexity index is 535. The minimum Gasteiger partial charge on any atom is -0.469 e. The van der Waals surface area contributed by atoms with E-state index in [1.165, 1.54) is 18.2 Å². The molecule has 2 aromatic rings. The molecule has 2 aromatic carbocycles. The molecule has 96 valence electrons. The van der Waals surface area contributed by atoms with Crippen LogP contribution in [0.5, 0.6) is 0 Å². The summed E-state index contributed by atoms with van der Waals surface area (Å²) in [4.78, 5) is 11.9. The number of carbonyl (C=O) groups excluding carboxylic acids is 1. The Hall–Kier alpha value is -2.09. The number of benzene rings is 2. The first-order valence-corrected chi connectivity index (χ1v) is 6.48. The average Bonchev–Trinajstić information content (AvgIpc) is 3.25. The van der Waals surface area contributed by atoms with Gasteiger partial charge in [0.1, 0.15) is 0 Å². The van der Waals surface area contributed by atoms with E-state index in [0.717, 1.165) is 6.42 Å². The number of ether oxygens (including phenoxy) is 1. The molecule has 0 radical (unpaired) electrons. The fourth-order valence-electron chi connectivity index (χ4n) is 2.97. The van der Waals surface area contributed by atoms with Crippen LogP contribution in [0.1, 0.15) is 17.5 Å². The summed E-state index contributed by atoms with van der Waals surface area (Å²) in [7, 11) is 1.46. The zero-order valence-electron chi connectivity index (χ0n) is 10.9. The van der Waals surface area contributed by atoms with E-state index in [-0.39, 0.29) is 17.3 Å². The summed E-state index contributed by atoms with van der Waals surface area (Å²) in [5, 5.41) is 0. The van der Waals surface area contributed by atoms with E-state index < -0.39 is 0 Å². The highest BCUT2D eigenvalue weighted by Crippen LogP contribution is 2.59. The molecular formula is C17H16O2. The quantitative estimate of drug-likeness (QED) is 0.784. The Labute approximate surface area is 113 Å². The fourth-order valence-corrected chi connectivity index (χ4v) is 2.97. The molecule has 0 heterocycles. The number of methoxy groups -OCH3 is 1. The van der Waals surface area contributed by atoms with Crippen LogP contribution in [0.3, 0.4) is 0 Å². The van der Waals surface area contributed by atoms with Crippen LogP contribution in [-0.4, -0.2) is 13.1 Å². The summed E-state index contributed by atoms with van der Waals surface area (Å²) >= 11 is 0. The highest BCUT2D eigenvalue weighted by atomic mass is 16.5. The van der Waals surface area contributed by atoms with Crippen molar-refractivity contribution < 1.29 is 9.53 Å². The molecule has 0 aromatic heterocycles. The summed E-state index contributed by atoms with van der Waals surface area (Å²) < 4.78 is 4.93. The van der Waals surface area contributed by atoms with E-state index in [4.69, 9.17) is 4.74 Å². The maximum atomic E-state index is 11.9. The molecule has 2 nitrogen and oxygen atoms in total. The third-order valence-electron chi connectivity index (χ3n) is 4.02. The molecule has 1 aliphatic carbocycles. The monoisotopic (exact) mass is 252 g/mol. The summed E-state index contributed by atoms with van der Waals surface area (Å²) in [5.74, 6) is -0.185. The van der Waals surface area contributed by atoms with Crippen molar-refractivity contribution in [3.63, 3.8) is 0 Å². The molecular weight excluding hydrogens is 236 g/mol. The minimum atomic E-state index is -0.199. The van der Waals surface area contributed by atoms with Gasteiger partial charge in [-0.15, -0.1) is 0 Å². The normalized spacial score (nSPS) is 19.7. The molecule has 0 aliphatic heterocycles. The van der Waals surface area contributed by atoms with Gasteiger partial charge in [0.2, 0.25) is 0 Å². The van der Waals surface area contributed by atoms with Crippen molar-refractivity contribution in [2.24, 2.45) is 5.92 Å². The van der Waals surface area contributed by atoms with Crippen LogP contribution in [0.15, 0.2) is 60.7 Å². The van der Waals surface area contributed by atoms with Crippen LogP contribution in [0, 0.1) is 5.92 Å². The molecule has 1 unspecified atom stereocenters. The lowest BCUT2D eigenvalue weighted by atomic mass is 9.86. The van der Waals surface area contributed by atoms with Crippen molar-refractivity contribution >= 4 is 5.97 Å². The van der Waals surface area contributed by atoms with Crippen LogP contribution in [-0.2, 0) is 14.9 Å². The van der Waals surface area contributed by atoms with Gasteiger partial charge in [-0.3, -0.25) is 4.79 Å². The largest absolute Gasteiger partial charge is 0.469 e. The Morgan fingerprint density at radius 1 is 1.00 bits per heavy atom. The highest BCUT2D eigenvalue weighted by molar-refractivity contribution is 5.81. The van der Waals surface area contributed by atoms with Gasteiger partial charge in [0.15, 0.2) is 0 Å². The van der Waals surface area contributed by atoms with Crippen molar-refractivity contribution in [3.8, 4) is 0 Å². The fraction of sp³-hybridized carbons (Fsp3) is 0.235. The molecule has 3 rings (SSSR count). The first kappa shape index (κ1) is 12.0. The van der Waals surface area contributed by atoms with Gasteiger partial charge in [-0.1, -0.05) is 60.7 Å². The van der Waals surface area contributed by atoms with E-state index in [2.05, 4.69) is 24.3 Å². The maximum absolute atomic E-state index is 11.9. The Kier molecular flexibility index (Phi) is 2.86. The van der Waals surface area contributed by atoms with Crippen LogP contribution < -0.4 is 0 Å². The standard InChI is InChI=1S/C17H16O2/c1-19-16(18)15-12-17(15,13-8-4-2-5-9-13)14-10-6-3-7-11-14/h2-11,15H,12H2,1H3. The second-order valence-electron chi connectivity index (χ2n) is 4.98. The molecule has 1 fully saturated rings. The second kappa shape index (κ2) is 4.54. The van der Waals surface area contributed by atoms with Gasteiger partial charge < -0.3 is 4.74 Å². The van der Waals surface area contributed by atoms with Crippen molar-refractivity contribution in [2.45, 2.75) is 11.8 Å². The van der Waals surface area contributed by atoms with E-state index in [9.17, 15) is 4.79 Å². The molecule has 0 spiro atoms. The molecule has 1 atom stereocenters. The van der Waals surface area contributed by atoms with E-state index in [1.807, 2.05) is 36.4 Å². The average molecular weight is 252 g/mol. The first-order valence-electron chi connectivity index (χ1n) is 6.48. The molecule has 1 saturated carbocycles. The van der Waals surface area contributed by atoms with Gasteiger partial charge in [0.25, 0.3) is 0 Å². The summed E-state index contributed by atoms with van der Waals surface area (Å²) in [6.45, 7) is 0. The van der Waals surface area contributed by atoms with Crippen molar-refractivity contribution in [2.75, 3.05) is 7.11 Å². The predicted molar refractivity (Wildman–Crippen MR) is 73.8 cm³/mol. The highest BCUT2D eigenvalue weighted by Gasteiger charge is 2.60. The van der Waals surface area contributed by atoms with Crippen LogP contribution in [0.2, 0.25) is 0 Å². The van der Waals surface area contributed by atoms with Gasteiger partial charge in [-0.05, 0) is 17.5 Å². The molecule has 0 amide bonds. The van der Waals surface area contributed by atoms with Crippen molar-refractivity contribution in [3.05, 3.63) is 71.8 Å². The Morgan fingerprint density at radius 2 is 1.47 bits per heavy atom. The topological polar surface area (TPSA) is 26.3 Å². The lowest BCUT2D eigenvalue weighted by Gasteiger charge is -2.18. The zero-order chi connectivity index (χ0) is 13.3. The molecule has 0 bridgehead atoms. The smallest absolute Gasteiger partial charge is 0.309 e. The number of hydrogen-bond donors (Lipinski definition) is 0. The van der Waals surface area contributed by atoms with Gasteiger partial charge in [0.05, 0.1) is 13.0 Å². The summed E-state index contributed by atoms with van der Waals surface area (Å²) in [6, 6.07) is 20.5. The van der Waals surface area contributed by atoms with Crippen molar-refractivity contribution in [1.82, 2.24) is 0 Å². The maximum Gasteiger partial charge on any atom is 0.309 e. The van der Waals surface area contributed by atoms with Gasteiger partial charge in [-0.25, -0.2) is 0 Å². The summed E-state index contributed by atoms with van der Waals surface area (Å²) in [5.41, 5.74) is 2.18. The van der Waals surface area contributed by atoms with Crippen molar-refractivity contribution in [1.29, 1.82) is 0 Å². The lowest BCUT2D eigenvalue weighted by Crippen LogP contribution is -2.17. The minimum absolute atomic E-state index is 0.0673.